The molecule has 0 spiro atoms. The van der Waals surface area contributed by atoms with Gasteiger partial charge in [0, 0.05) is 6.61 Å². The van der Waals surface area contributed by atoms with Crippen LogP contribution in [-0.2, 0) is 9.53 Å². The van der Waals surface area contributed by atoms with Gasteiger partial charge in [-0.15, -0.1) is 0 Å². The Bertz CT molecular complexity index is 106. The van der Waals surface area contributed by atoms with Gasteiger partial charge in [-0.1, -0.05) is 6.92 Å². The largest absolute Gasteiger partial charge is 0.480 e. The SMILES string of the molecule is CCSCCCOCC(=O)O. The van der Waals surface area contributed by atoms with E-state index in [1.165, 1.54) is 0 Å². The van der Waals surface area contributed by atoms with Crippen LogP contribution in [0.2, 0.25) is 0 Å². The molecule has 3 nitrogen and oxygen atoms in total. The molecule has 4 heteroatoms. The third-order valence-corrected chi connectivity index (χ3v) is 1.99. The van der Waals surface area contributed by atoms with Crippen LogP contribution < -0.4 is 0 Å². The number of carboxylic acids is 1. The van der Waals surface area contributed by atoms with E-state index in [0.29, 0.717) is 6.61 Å². The van der Waals surface area contributed by atoms with Gasteiger partial charge in [0.25, 0.3) is 0 Å². The maximum absolute atomic E-state index is 9.96. The smallest absolute Gasteiger partial charge is 0.329 e. The molecule has 0 heterocycles. The van der Waals surface area contributed by atoms with Crippen molar-refractivity contribution in [3.63, 3.8) is 0 Å². The van der Waals surface area contributed by atoms with Crippen molar-refractivity contribution in [3.05, 3.63) is 0 Å². The summed E-state index contributed by atoms with van der Waals surface area (Å²) in [5.41, 5.74) is 0. The zero-order chi connectivity index (χ0) is 8.53. The van der Waals surface area contributed by atoms with Crippen molar-refractivity contribution in [2.45, 2.75) is 13.3 Å². The Morgan fingerprint density at radius 3 is 2.91 bits per heavy atom. The average Bonchev–Trinajstić information content (AvgIpc) is 1.96. The van der Waals surface area contributed by atoms with Crippen LogP contribution in [0.25, 0.3) is 0 Å². The molecule has 0 aliphatic carbocycles. The number of thioether (sulfide) groups is 1. The van der Waals surface area contributed by atoms with Crippen molar-refractivity contribution < 1.29 is 14.6 Å². The summed E-state index contributed by atoms with van der Waals surface area (Å²) in [6.45, 7) is 2.48. The van der Waals surface area contributed by atoms with Gasteiger partial charge in [-0.3, -0.25) is 0 Å². The van der Waals surface area contributed by atoms with E-state index in [1.807, 2.05) is 11.8 Å². The summed E-state index contributed by atoms with van der Waals surface area (Å²) in [6.07, 6.45) is 0.936. The Balaban J connectivity index is 2.85. The zero-order valence-corrected chi connectivity index (χ0v) is 7.52. The summed E-state index contributed by atoms with van der Waals surface area (Å²) in [6, 6.07) is 0. The van der Waals surface area contributed by atoms with Crippen LogP contribution in [-0.4, -0.2) is 35.8 Å². The molecular weight excluding hydrogens is 164 g/mol. The number of rotatable bonds is 7. The van der Waals surface area contributed by atoms with Gasteiger partial charge in [0.1, 0.15) is 6.61 Å². The number of hydrogen-bond donors (Lipinski definition) is 1. The van der Waals surface area contributed by atoms with Gasteiger partial charge in [-0.05, 0) is 17.9 Å². The van der Waals surface area contributed by atoms with E-state index in [1.54, 1.807) is 0 Å². The van der Waals surface area contributed by atoms with Crippen LogP contribution in [0.3, 0.4) is 0 Å². The summed E-state index contributed by atoms with van der Waals surface area (Å²) in [5, 5.41) is 8.19. The predicted octanol–water partition coefficient (Wildman–Crippen LogP) is 1.23. The lowest BCUT2D eigenvalue weighted by Crippen LogP contribution is -2.07. The van der Waals surface area contributed by atoms with E-state index in [0.717, 1.165) is 17.9 Å². The minimum Gasteiger partial charge on any atom is -0.480 e. The number of hydrogen-bond acceptors (Lipinski definition) is 3. The van der Waals surface area contributed by atoms with Crippen LogP contribution in [0.1, 0.15) is 13.3 Å². The fourth-order valence-electron chi connectivity index (χ4n) is 0.567. The second-order valence-electron chi connectivity index (χ2n) is 2.00. The van der Waals surface area contributed by atoms with Crippen molar-refractivity contribution in [2.75, 3.05) is 24.7 Å². The molecule has 0 aliphatic heterocycles. The topological polar surface area (TPSA) is 46.5 Å². The van der Waals surface area contributed by atoms with Crippen molar-refractivity contribution in [1.82, 2.24) is 0 Å². The molecule has 1 N–H and O–H groups in total. The van der Waals surface area contributed by atoms with Crippen molar-refractivity contribution in [3.8, 4) is 0 Å². The molecule has 0 unspecified atom stereocenters. The molecule has 0 aromatic rings. The van der Waals surface area contributed by atoms with Gasteiger partial charge in [-0.25, -0.2) is 4.79 Å². The highest BCUT2D eigenvalue weighted by atomic mass is 32.2. The average molecular weight is 178 g/mol. The van der Waals surface area contributed by atoms with Gasteiger partial charge < -0.3 is 9.84 Å². The first kappa shape index (κ1) is 10.8. The molecule has 0 radical (unpaired) electrons. The lowest BCUT2D eigenvalue weighted by atomic mass is 10.5. The molecule has 66 valence electrons. The number of carboxylic acid groups (broad SMARTS) is 1. The summed E-state index contributed by atoms with van der Waals surface area (Å²) in [4.78, 5) is 9.96. The Hall–Kier alpha value is -0.220. The summed E-state index contributed by atoms with van der Waals surface area (Å²) >= 11 is 1.84. The highest BCUT2D eigenvalue weighted by Gasteiger charge is 1.94. The zero-order valence-electron chi connectivity index (χ0n) is 6.71. The predicted molar refractivity (Wildman–Crippen MR) is 46.1 cm³/mol. The molecule has 0 rings (SSSR count). The van der Waals surface area contributed by atoms with Crippen LogP contribution in [0.5, 0.6) is 0 Å². The van der Waals surface area contributed by atoms with E-state index >= 15 is 0 Å². The number of ether oxygens (including phenoxy) is 1. The van der Waals surface area contributed by atoms with Gasteiger partial charge in [0.15, 0.2) is 0 Å². The van der Waals surface area contributed by atoms with Crippen molar-refractivity contribution in [1.29, 1.82) is 0 Å². The van der Waals surface area contributed by atoms with E-state index in [9.17, 15) is 4.79 Å². The Morgan fingerprint density at radius 1 is 1.64 bits per heavy atom. The van der Waals surface area contributed by atoms with E-state index in [2.05, 4.69) is 6.92 Å². The lowest BCUT2D eigenvalue weighted by Gasteiger charge is -1.99. The molecular formula is C7H14O3S. The molecule has 0 saturated heterocycles. The van der Waals surface area contributed by atoms with Crippen LogP contribution in [0.4, 0.5) is 0 Å². The van der Waals surface area contributed by atoms with Crippen LogP contribution >= 0.6 is 11.8 Å². The first-order valence-electron chi connectivity index (χ1n) is 3.64. The Kier molecular flexibility index (Phi) is 7.72. The highest BCUT2D eigenvalue weighted by molar-refractivity contribution is 7.99. The summed E-state index contributed by atoms with van der Waals surface area (Å²) < 4.78 is 4.83. The van der Waals surface area contributed by atoms with E-state index < -0.39 is 5.97 Å². The third kappa shape index (κ3) is 9.78. The fraction of sp³-hybridized carbons (Fsp3) is 0.857. The molecule has 0 aliphatic rings. The molecule has 0 aromatic carbocycles. The quantitative estimate of drug-likeness (QED) is 0.596. The summed E-state index contributed by atoms with van der Waals surface area (Å²) in [5.74, 6) is 1.27. The minimum atomic E-state index is -0.895. The van der Waals surface area contributed by atoms with E-state index in [4.69, 9.17) is 9.84 Å². The number of carbonyl (C=O) groups is 1. The molecule has 0 atom stereocenters. The standard InChI is InChI=1S/C7H14O3S/c1-2-11-5-3-4-10-6-7(8)9/h2-6H2,1H3,(H,8,9). The maximum atomic E-state index is 9.96. The molecule has 0 aromatic heterocycles. The van der Waals surface area contributed by atoms with E-state index in [-0.39, 0.29) is 6.61 Å². The molecule has 11 heavy (non-hydrogen) atoms. The van der Waals surface area contributed by atoms with Gasteiger partial charge in [0.05, 0.1) is 0 Å². The molecule has 0 saturated carbocycles. The summed E-state index contributed by atoms with van der Waals surface area (Å²) in [7, 11) is 0. The first-order valence-corrected chi connectivity index (χ1v) is 4.80. The lowest BCUT2D eigenvalue weighted by molar-refractivity contribution is -0.142. The van der Waals surface area contributed by atoms with Crippen LogP contribution in [0, 0.1) is 0 Å². The molecule has 0 amide bonds. The van der Waals surface area contributed by atoms with Crippen molar-refractivity contribution >= 4 is 17.7 Å². The molecule has 0 fully saturated rings. The van der Waals surface area contributed by atoms with Gasteiger partial charge in [0.2, 0.25) is 0 Å². The highest BCUT2D eigenvalue weighted by Crippen LogP contribution is 2.00. The maximum Gasteiger partial charge on any atom is 0.329 e. The minimum absolute atomic E-state index is 0.170. The van der Waals surface area contributed by atoms with Crippen molar-refractivity contribution in [2.24, 2.45) is 0 Å². The van der Waals surface area contributed by atoms with Crippen LogP contribution in [0.15, 0.2) is 0 Å². The molecule has 0 bridgehead atoms. The normalized spacial score (nSPS) is 9.91. The Labute approximate surface area is 71.1 Å². The third-order valence-electron chi connectivity index (χ3n) is 1.01. The Morgan fingerprint density at radius 2 is 2.36 bits per heavy atom. The second kappa shape index (κ2) is 7.88. The second-order valence-corrected chi connectivity index (χ2v) is 3.39. The first-order chi connectivity index (χ1) is 5.27. The van der Waals surface area contributed by atoms with Gasteiger partial charge >= 0.3 is 5.97 Å². The fourth-order valence-corrected chi connectivity index (χ4v) is 1.18. The number of aliphatic carboxylic acids is 1. The van der Waals surface area contributed by atoms with Gasteiger partial charge in [-0.2, -0.15) is 11.8 Å². The monoisotopic (exact) mass is 178 g/mol.